The summed E-state index contributed by atoms with van der Waals surface area (Å²) in [5.41, 5.74) is 0.724. The highest BCUT2D eigenvalue weighted by Crippen LogP contribution is 2.21. The van der Waals surface area contributed by atoms with Crippen LogP contribution in [0.25, 0.3) is 0 Å². The van der Waals surface area contributed by atoms with Crippen LogP contribution in [0.5, 0.6) is 5.75 Å². The molecule has 1 aliphatic heterocycles. The molecule has 1 aliphatic rings. The van der Waals surface area contributed by atoms with Gasteiger partial charge in [-0.15, -0.1) is 0 Å². The van der Waals surface area contributed by atoms with Crippen molar-refractivity contribution >= 4 is 11.5 Å². The maximum Gasteiger partial charge on any atom is 0.167 e. The zero-order chi connectivity index (χ0) is 11.4. The van der Waals surface area contributed by atoms with Gasteiger partial charge < -0.3 is 10.1 Å². The van der Waals surface area contributed by atoms with Crippen molar-refractivity contribution in [2.75, 3.05) is 18.5 Å². The number of nitrogens with zero attached hydrogens (tertiary/aromatic N) is 1. The third-order valence-electron chi connectivity index (χ3n) is 2.39. The second-order valence-electron chi connectivity index (χ2n) is 3.64. The standard InChI is InChI=1S/C12H15FN2O/c1-2-16-11-6-5-9(8-10(11)13)15-12-4-3-7-14-12/h5-6,8H,2-4,7H2,1H3,(H,14,15). The van der Waals surface area contributed by atoms with Gasteiger partial charge in [0.1, 0.15) is 5.84 Å². The average Bonchev–Trinajstić information content (AvgIpc) is 2.75. The van der Waals surface area contributed by atoms with E-state index in [0.717, 1.165) is 30.9 Å². The molecule has 1 aromatic rings. The van der Waals surface area contributed by atoms with Crippen LogP contribution in [-0.2, 0) is 0 Å². The molecule has 0 aromatic heterocycles. The lowest BCUT2D eigenvalue weighted by molar-refractivity contribution is 0.321. The lowest BCUT2D eigenvalue weighted by atomic mass is 10.2. The maximum atomic E-state index is 13.5. The summed E-state index contributed by atoms with van der Waals surface area (Å²) in [5, 5.41) is 3.11. The van der Waals surface area contributed by atoms with Crippen molar-refractivity contribution in [1.82, 2.24) is 0 Å². The fraction of sp³-hybridized carbons (Fsp3) is 0.417. The molecular formula is C12H15FN2O. The molecule has 0 saturated carbocycles. The third-order valence-corrected chi connectivity index (χ3v) is 2.39. The van der Waals surface area contributed by atoms with E-state index >= 15 is 0 Å². The Kier molecular flexibility index (Phi) is 3.39. The SMILES string of the molecule is CCOc1ccc(NC2=NCCC2)cc1F. The highest BCUT2D eigenvalue weighted by atomic mass is 19.1. The lowest BCUT2D eigenvalue weighted by Gasteiger charge is -2.08. The van der Waals surface area contributed by atoms with E-state index in [1.54, 1.807) is 12.1 Å². The summed E-state index contributed by atoms with van der Waals surface area (Å²) >= 11 is 0. The smallest absolute Gasteiger partial charge is 0.167 e. The quantitative estimate of drug-likeness (QED) is 0.853. The zero-order valence-corrected chi connectivity index (χ0v) is 9.29. The summed E-state index contributed by atoms with van der Waals surface area (Å²) in [7, 11) is 0. The van der Waals surface area contributed by atoms with E-state index in [-0.39, 0.29) is 5.82 Å². The Bertz CT molecular complexity index is 404. The minimum Gasteiger partial charge on any atom is -0.491 e. The molecule has 0 saturated heterocycles. The number of aliphatic imine (C=N–C) groups is 1. The number of anilines is 1. The number of ether oxygens (including phenoxy) is 1. The second kappa shape index (κ2) is 4.96. The van der Waals surface area contributed by atoms with Gasteiger partial charge in [0.15, 0.2) is 11.6 Å². The van der Waals surface area contributed by atoms with Gasteiger partial charge in [-0.2, -0.15) is 0 Å². The van der Waals surface area contributed by atoms with E-state index in [2.05, 4.69) is 10.3 Å². The van der Waals surface area contributed by atoms with Gasteiger partial charge in [0.05, 0.1) is 6.61 Å². The first-order valence-corrected chi connectivity index (χ1v) is 5.52. The van der Waals surface area contributed by atoms with Gasteiger partial charge >= 0.3 is 0 Å². The van der Waals surface area contributed by atoms with Crippen LogP contribution in [0.1, 0.15) is 19.8 Å². The topological polar surface area (TPSA) is 33.6 Å². The highest BCUT2D eigenvalue weighted by molar-refractivity contribution is 5.96. The first kappa shape index (κ1) is 10.9. The van der Waals surface area contributed by atoms with Crippen LogP contribution in [0, 0.1) is 5.82 Å². The summed E-state index contributed by atoms with van der Waals surface area (Å²) in [4.78, 5) is 4.27. The van der Waals surface area contributed by atoms with Crippen LogP contribution in [0.4, 0.5) is 10.1 Å². The Hall–Kier alpha value is -1.58. The minimum atomic E-state index is -0.342. The molecule has 4 heteroatoms. The van der Waals surface area contributed by atoms with Crippen molar-refractivity contribution in [3.05, 3.63) is 24.0 Å². The van der Waals surface area contributed by atoms with Gasteiger partial charge in [-0.1, -0.05) is 0 Å². The highest BCUT2D eigenvalue weighted by Gasteiger charge is 2.08. The number of nitrogens with one attached hydrogen (secondary N) is 1. The number of halogens is 1. The summed E-state index contributed by atoms with van der Waals surface area (Å²) in [6.45, 7) is 3.16. The predicted molar refractivity (Wildman–Crippen MR) is 62.7 cm³/mol. The molecule has 0 unspecified atom stereocenters. The summed E-state index contributed by atoms with van der Waals surface area (Å²) in [6, 6.07) is 4.87. The Labute approximate surface area is 94.3 Å². The molecule has 2 rings (SSSR count). The fourth-order valence-electron chi connectivity index (χ4n) is 1.66. The molecule has 1 aromatic carbocycles. The van der Waals surface area contributed by atoms with Gasteiger partial charge in [0.2, 0.25) is 0 Å². The molecule has 16 heavy (non-hydrogen) atoms. The molecule has 0 fully saturated rings. The average molecular weight is 222 g/mol. The predicted octanol–water partition coefficient (Wildman–Crippen LogP) is 2.83. The van der Waals surface area contributed by atoms with Gasteiger partial charge in [0.25, 0.3) is 0 Å². The third kappa shape index (κ3) is 2.51. The summed E-state index contributed by atoms with van der Waals surface area (Å²) in [5.74, 6) is 0.885. The van der Waals surface area contributed by atoms with Gasteiger partial charge in [0, 0.05) is 24.7 Å². The summed E-state index contributed by atoms with van der Waals surface area (Å²) in [6.07, 6.45) is 2.01. The van der Waals surface area contributed by atoms with Crippen molar-refractivity contribution in [3.63, 3.8) is 0 Å². The van der Waals surface area contributed by atoms with Crippen LogP contribution in [-0.4, -0.2) is 19.0 Å². The van der Waals surface area contributed by atoms with E-state index in [0.29, 0.717) is 12.4 Å². The van der Waals surface area contributed by atoms with Crippen molar-refractivity contribution in [2.24, 2.45) is 4.99 Å². The van der Waals surface area contributed by atoms with Crippen LogP contribution in [0.2, 0.25) is 0 Å². The van der Waals surface area contributed by atoms with E-state index in [4.69, 9.17) is 4.74 Å². The van der Waals surface area contributed by atoms with Crippen molar-refractivity contribution < 1.29 is 9.13 Å². The van der Waals surface area contributed by atoms with Crippen LogP contribution in [0.15, 0.2) is 23.2 Å². The molecule has 3 nitrogen and oxygen atoms in total. The van der Waals surface area contributed by atoms with Crippen LogP contribution < -0.4 is 10.1 Å². The molecule has 0 atom stereocenters. The normalized spacial score (nSPS) is 14.8. The van der Waals surface area contributed by atoms with Crippen LogP contribution >= 0.6 is 0 Å². The molecule has 0 spiro atoms. The molecule has 1 heterocycles. The number of hydrogen-bond donors (Lipinski definition) is 1. The minimum absolute atomic E-state index is 0.293. The van der Waals surface area contributed by atoms with E-state index in [9.17, 15) is 4.39 Å². The molecule has 0 bridgehead atoms. The monoisotopic (exact) mass is 222 g/mol. The van der Waals surface area contributed by atoms with Crippen LogP contribution in [0.3, 0.4) is 0 Å². The maximum absolute atomic E-state index is 13.5. The lowest BCUT2D eigenvalue weighted by Crippen LogP contribution is -2.08. The number of hydrogen-bond acceptors (Lipinski definition) is 3. The van der Waals surface area contributed by atoms with E-state index in [1.807, 2.05) is 6.92 Å². The molecule has 0 aliphatic carbocycles. The van der Waals surface area contributed by atoms with E-state index < -0.39 is 0 Å². The summed E-state index contributed by atoms with van der Waals surface area (Å²) < 4.78 is 18.6. The molecule has 0 amide bonds. The van der Waals surface area contributed by atoms with E-state index in [1.165, 1.54) is 6.07 Å². The van der Waals surface area contributed by atoms with Gasteiger partial charge in [-0.25, -0.2) is 4.39 Å². The largest absolute Gasteiger partial charge is 0.491 e. The Balaban J connectivity index is 2.08. The molecule has 86 valence electrons. The fourth-order valence-corrected chi connectivity index (χ4v) is 1.66. The Morgan fingerprint density at radius 1 is 1.50 bits per heavy atom. The second-order valence-corrected chi connectivity index (χ2v) is 3.64. The van der Waals surface area contributed by atoms with Crippen molar-refractivity contribution in [3.8, 4) is 5.75 Å². The number of benzene rings is 1. The van der Waals surface area contributed by atoms with Crippen molar-refractivity contribution in [1.29, 1.82) is 0 Å². The molecular weight excluding hydrogens is 207 g/mol. The van der Waals surface area contributed by atoms with Gasteiger partial charge in [-0.3, -0.25) is 4.99 Å². The number of amidine groups is 1. The Morgan fingerprint density at radius 2 is 2.38 bits per heavy atom. The zero-order valence-electron chi connectivity index (χ0n) is 9.29. The van der Waals surface area contributed by atoms with Gasteiger partial charge in [-0.05, 0) is 25.5 Å². The number of rotatable bonds is 3. The molecule has 1 N–H and O–H groups in total. The van der Waals surface area contributed by atoms with Crippen molar-refractivity contribution in [2.45, 2.75) is 19.8 Å². The first-order valence-electron chi connectivity index (χ1n) is 5.52. The first-order chi connectivity index (χ1) is 7.79. The molecule has 0 radical (unpaired) electrons. The Morgan fingerprint density at radius 3 is 3.00 bits per heavy atom.